The van der Waals surface area contributed by atoms with E-state index >= 15 is 0 Å². The molecule has 1 rings (SSSR count). The van der Waals surface area contributed by atoms with Crippen molar-refractivity contribution in [2.45, 2.75) is 53.9 Å². The molecular weight excluding hydrogens is 294 g/mol. The topological polar surface area (TPSA) is 86.6 Å². The van der Waals surface area contributed by atoms with Crippen LogP contribution in [0.1, 0.15) is 53.9 Å². The molecule has 0 fully saturated rings. The number of carboxylic acids is 2. The van der Waals surface area contributed by atoms with Gasteiger partial charge in [-0.25, -0.2) is 9.59 Å². The van der Waals surface area contributed by atoms with Gasteiger partial charge in [-0.15, -0.1) is 0 Å². The monoisotopic (exact) mass is 321 g/mol. The summed E-state index contributed by atoms with van der Waals surface area (Å²) in [4.78, 5) is 23.2. The molecule has 1 aliphatic heterocycles. The van der Waals surface area contributed by atoms with E-state index in [2.05, 4.69) is 11.4 Å². The maximum Gasteiger partial charge on any atom is 0.333 e. The van der Waals surface area contributed by atoms with E-state index < -0.39 is 17.9 Å². The van der Waals surface area contributed by atoms with Gasteiger partial charge in [0.25, 0.3) is 0 Å². The average molecular weight is 321 g/mol. The highest BCUT2D eigenvalue weighted by atomic mass is 16.4. The first kappa shape index (κ1) is 19.0. The van der Waals surface area contributed by atoms with Crippen LogP contribution >= 0.6 is 0 Å². The molecule has 1 unspecified atom stereocenters. The van der Waals surface area contributed by atoms with Crippen LogP contribution in [0.2, 0.25) is 0 Å². The van der Waals surface area contributed by atoms with E-state index in [1.165, 1.54) is 5.57 Å². The Morgan fingerprint density at radius 1 is 1.13 bits per heavy atom. The highest BCUT2D eigenvalue weighted by Crippen LogP contribution is 2.35. The SMILES string of the molecule is CC(C)=CCCC(C)CC1C(C(=O)O)=C(C)NC(C)=C1C(=O)O. The zero-order valence-corrected chi connectivity index (χ0v) is 14.6. The van der Waals surface area contributed by atoms with Crippen LogP contribution in [0.4, 0.5) is 0 Å². The normalized spacial score (nSPS) is 16.9. The van der Waals surface area contributed by atoms with Crippen LogP contribution < -0.4 is 5.32 Å². The number of allylic oxidation sites excluding steroid dienone is 4. The summed E-state index contributed by atoms with van der Waals surface area (Å²) >= 11 is 0. The lowest BCUT2D eigenvalue weighted by atomic mass is 9.79. The van der Waals surface area contributed by atoms with Gasteiger partial charge in [-0.1, -0.05) is 18.6 Å². The molecule has 0 aromatic carbocycles. The standard InChI is InChI=1S/C18H27NO4/c1-10(2)7-6-8-11(3)9-14-15(17(20)21)12(4)19-13(5)16(14)18(22)23/h7,11,14,19H,6,8-9H2,1-5H3,(H,20,21)(H,22,23). The Kier molecular flexibility index (Phi) is 6.61. The van der Waals surface area contributed by atoms with Gasteiger partial charge in [0.05, 0.1) is 11.1 Å². The highest BCUT2D eigenvalue weighted by molar-refractivity contribution is 5.96. The third-order valence-electron chi connectivity index (χ3n) is 4.19. The van der Waals surface area contributed by atoms with Gasteiger partial charge in [0.2, 0.25) is 0 Å². The molecule has 128 valence electrons. The van der Waals surface area contributed by atoms with Gasteiger partial charge in [0.1, 0.15) is 0 Å². The minimum absolute atomic E-state index is 0.169. The largest absolute Gasteiger partial charge is 0.478 e. The van der Waals surface area contributed by atoms with Crippen molar-refractivity contribution in [2.24, 2.45) is 11.8 Å². The van der Waals surface area contributed by atoms with Crippen LogP contribution in [-0.2, 0) is 9.59 Å². The number of rotatable bonds is 7. The van der Waals surface area contributed by atoms with E-state index in [1.54, 1.807) is 13.8 Å². The molecule has 1 aliphatic rings. The number of dihydropyridines is 1. The molecule has 23 heavy (non-hydrogen) atoms. The second-order valence-electron chi connectivity index (χ2n) is 6.56. The van der Waals surface area contributed by atoms with Crippen LogP contribution in [0.3, 0.4) is 0 Å². The zero-order chi connectivity index (χ0) is 17.7. The fourth-order valence-corrected chi connectivity index (χ4v) is 3.11. The molecule has 0 saturated heterocycles. The first-order valence-electron chi connectivity index (χ1n) is 7.93. The van der Waals surface area contributed by atoms with Crippen molar-refractivity contribution in [2.75, 3.05) is 0 Å². The summed E-state index contributed by atoms with van der Waals surface area (Å²) in [6.07, 6.45) is 4.51. The van der Waals surface area contributed by atoms with Gasteiger partial charge in [-0.05, 0) is 52.9 Å². The molecule has 5 nitrogen and oxygen atoms in total. The molecular formula is C18H27NO4. The van der Waals surface area contributed by atoms with Crippen LogP contribution in [0, 0.1) is 11.8 Å². The molecule has 0 aromatic rings. The lowest BCUT2D eigenvalue weighted by Crippen LogP contribution is -2.33. The lowest BCUT2D eigenvalue weighted by Gasteiger charge is -2.30. The Morgan fingerprint density at radius 2 is 1.61 bits per heavy atom. The molecule has 1 heterocycles. The van der Waals surface area contributed by atoms with Crippen LogP contribution in [-0.4, -0.2) is 22.2 Å². The van der Waals surface area contributed by atoms with Crippen LogP contribution in [0.25, 0.3) is 0 Å². The van der Waals surface area contributed by atoms with E-state index in [4.69, 9.17) is 0 Å². The lowest BCUT2D eigenvalue weighted by molar-refractivity contribution is -0.134. The predicted octanol–water partition coefficient (Wildman–Crippen LogP) is 3.70. The summed E-state index contributed by atoms with van der Waals surface area (Å²) in [5.74, 6) is -2.45. The fourth-order valence-electron chi connectivity index (χ4n) is 3.11. The van der Waals surface area contributed by atoms with Gasteiger partial charge in [-0.2, -0.15) is 0 Å². The number of carbonyl (C=O) groups is 2. The van der Waals surface area contributed by atoms with Crippen molar-refractivity contribution in [3.63, 3.8) is 0 Å². The number of aliphatic carboxylic acids is 2. The van der Waals surface area contributed by atoms with E-state index in [1.807, 2.05) is 20.8 Å². The molecule has 0 amide bonds. The molecule has 5 heteroatoms. The molecule has 3 N–H and O–H groups in total. The maximum absolute atomic E-state index is 11.6. The quantitative estimate of drug-likeness (QED) is 0.622. The van der Waals surface area contributed by atoms with Crippen molar-refractivity contribution in [3.05, 3.63) is 34.2 Å². The Morgan fingerprint density at radius 3 is 2.00 bits per heavy atom. The van der Waals surface area contributed by atoms with E-state index in [-0.39, 0.29) is 17.1 Å². The summed E-state index contributed by atoms with van der Waals surface area (Å²) in [6.45, 7) is 9.50. The van der Waals surface area contributed by atoms with Gasteiger partial charge in [-0.3, -0.25) is 0 Å². The first-order chi connectivity index (χ1) is 10.6. The van der Waals surface area contributed by atoms with Gasteiger partial charge in [0, 0.05) is 17.3 Å². The third kappa shape index (κ3) is 4.98. The Labute approximate surface area is 137 Å². The summed E-state index contributed by atoms with van der Waals surface area (Å²) in [6, 6.07) is 0. The van der Waals surface area contributed by atoms with Crippen molar-refractivity contribution < 1.29 is 19.8 Å². The number of hydrogen-bond acceptors (Lipinski definition) is 3. The first-order valence-corrected chi connectivity index (χ1v) is 7.93. The van der Waals surface area contributed by atoms with Crippen molar-refractivity contribution in [3.8, 4) is 0 Å². The molecule has 1 atom stereocenters. The van der Waals surface area contributed by atoms with Gasteiger partial charge in [0.15, 0.2) is 0 Å². The smallest absolute Gasteiger partial charge is 0.333 e. The number of carboxylic acid groups (broad SMARTS) is 2. The molecule has 0 bridgehead atoms. The Bertz CT molecular complexity index is 544. The third-order valence-corrected chi connectivity index (χ3v) is 4.19. The number of nitrogens with one attached hydrogen (secondary N) is 1. The second kappa shape index (κ2) is 7.99. The van der Waals surface area contributed by atoms with Gasteiger partial charge >= 0.3 is 11.9 Å². The average Bonchev–Trinajstić information content (AvgIpc) is 2.36. The molecule has 0 saturated carbocycles. The van der Waals surface area contributed by atoms with Gasteiger partial charge < -0.3 is 15.5 Å². The summed E-state index contributed by atoms with van der Waals surface area (Å²) < 4.78 is 0. The van der Waals surface area contributed by atoms with E-state index in [0.717, 1.165) is 12.8 Å². The molecule has 0 radical (unpaired) electrons. The zero-order valence-electron chi connectivity index (χ0n) is 14.6. The van der Waals surface area contributed by atoms with Crippen molar-refractivity contribution in [1.29, 1.82) is 0 Å². The van der Waals surface area contributed by atoms with E-state index in [0.29, 0.717) is 17.8 Å². The minimum atomic E-state index is -1.05. The second-order valence-corrected chi connectivity index (χ2v) is 6.56. The Balaban J connectivity index is 3.03. The summed E-state index contributed by atoms with van der Waals surface area (Å²) in [7, 11) is 0. The van der Waals surface area contributed by atoms with Crippen LogP contribution in [0.5, 0.6) is 0 Å². The van der Waals surface area contributed by atoms with E-state index in [9.17, 15) is 19.8 Å². The predicted molar refractivity (Wildman–Crippen MR) is 89.7 cm³/mol. The fraction of sp³-hybridized carbons (Fsp3) is 0.556. The molecule has 0 aromatic heterocycles. The molecule has 0 aliphatic carbocycles. The molecule has 0 spiro atoms. The highest BCUT2D eigenvalue weighted by Gasteiger charge is 2.35. The maximum atomic E-state index is 11.6. The number of hydrogen-bond donors (Lipinski definition) is 3. The van der Waals surface area contributed by atoms with Crippen molar-refractivity contribution in [1.82, 2.24) is 5.32 Å². The van der Waals surface area contributed by atoms with Crippen LogP contribution in [0.15, 0.2) is 34.2 Å². The Hall–Kier alpha value is -2.04. The summed E-state index contributed by atoms with van der Waals surface area (Å²) in [5.41, 5.74) is 2.65. The minimum Gasteiger partial charge on any atom is -0.478 e. The summed E-state index contributed by atoms with van der Waals surface area (Å²) in [5, 5.41) is 21.9. The van der Waals surface area contributed by atoms with Crippen molar-refractivity contribution >= 4 is 11.9 Å².